The molecule has 2 N–H and O–H groups in total. The van der Waals surface area contributed by atoms with Crippen molar-refractivity contribution in [1.82, 2.24) is 19.9 Å². The first-order valence-corrected chi connectivity index (χ1v) is 6.92. The van der Waals surface area contributed by atoms with Crippen LogP contribution in [-0.2, 0) is 5.75 Å². The largest absolute Gasteiger partial charge is 0.478 e. The second kappa shape index (κ2) is 5.49. The van der Waals surface area contributed by atoms with Crippen LogP contribution in [0.25, 0.3) is 11.2 Å². The summed E-state index contributed by atoms with van der Waals surface area (Å²) < 4.78 is 13.1. The number of H-pyrrole nitrogens is 1. The lowest BCUT2D eigenvalue weighted by Gasteiger charge is -2.06. The van der Waals surface area contributed by atoms with Gasteiger partial charge in [-0.3, -0.25) is 0 Å². The summed E-state index contributed by atoms with van der Waals surface area (Å²) in [6.07, 6.45) is 2.91. The third-order valence-electron chi connectivity index (χ3n) is 2.85. The van der Waals surface area contributed by atoms with Gasteiger partial charge in [0.1, 0.15) is 22.7 Å². The first-order valence-electron chi connectivity index (χ1n) is 5.94. The number of nitrogens with one attached hydrogen (secondary N) is 1. The zero-order chi connectivity index (χ0) is 14.8. The van der Waals surface area contributed by atoms with Gasteiger partial charge in [0.15, 0.2) is 5.65 Å². The minimum atomic E-state index is -1.15. The van der Waals surface area contributed by atoms with Crippen molar-refractivity contribution in [2.24, 2.45) is 0 Å². The number of hydrogen-bond donors (Lipinski definition) is 2. The Morgan fingerprint density at radius 2 is 2.19 bits per heavy atom. The Kier molecular flexibility index (Phi) is 3.53. The highest BCUT2D eigenvalue weighted by Gasteiger charge is 2.13. The molecular weight excluding hydrogens is 295 g/mol. The van der Waals surface area contributed by atoms with Crippen LogP contribution in [-0.4, -0.2) is 31.0 Å². The molecule has 0 spiro atoms. The molecule has 2 heterocycles. The summed E-state index contributed by atoms with van der Waals surface area (Å²) in [6, 6.07) is 3.73. The maximum atomic E-state index is 13.1. The third kappa shape index (κ3) is 2.70. The number of carbonyl (C=O) groups is 1. The molecule has 106 valence electrons. The highest BCUT2D eigenvalue weighted by Crippen LogP contribution is 2.27. The van der Waals surface area contributed by atoms with Gasteiger partial charge in [0, 0.05) is 5.75 Å². The molecule has 0 aliphatic carbocycles. The first-order chi connectivity index (χ1) is 10.1. The quantitative estimate of drug-likeness (QED) is 0.568. The van der Waals surface area contributed by atoms with Crippen LogP contribution in [0.15, 0.2) is 35.9 Å². The summed E-state index contributed by atoms with van der Waals surface area (Å²) in [5, 5.41) is 9.77. The van der Waals surface area contributed by atoms with E-state index in [0.717, 1.165) is 6.07 Å². The maximum absolute atomic E-state index is 13.1. The van der Waals surface area contributed by atoms with Crippen molar-refractivity contribution in [2.45, 2.75) is 10.8 Å². The Morgan fingerprint density at radius 1 is 1.33 bits per heavy atom. The number of fused-ring (bicyclic) bond motifs is 1. The predicted molar refractivity (Wildman–Crippen MR) is 74.6 cm³/mol. The topological polar surface area (TPSA) is 91.8 Å². The summed E-state index contributed by atoms with van der Waals surface area (Å²) in [5.41, 5.74) is 1.73. The highest BCUT2D eigenvalue weighted by atomic mass is 32.2. The molecule has 21 heavy (non-hydrogen) atoms. The number of hydrogen-bond acceptors (Lipinski definition) is 5. The van der Waals surface area contributed by atoms with Crippen LogP contribution < -0.4 is 0 Å². The van der Waals surface area contributed by atoms with E-state index in [1.165, 1.54) is 36.5 Å². The van der Waals surface area contributed by atoms with Gasteiger partial charge in [-0.2, -0.15) is 0 Å². The Bertz CT molecular complexity index is 821. The van der Waals surface area contributed by atoms with Crippen LogP contribution in [0.1, 0.15) is 15.9 Å². The molecule has 0 bridgehead atoms. The van der Waals surface area contributed by atoms with Gasteiger partial charge in [0.05, 0.1) is 11.9 Å². The van der Waals surface area contributed by atoms with Crippen LogP contribution in [0.5, 0.6) is 0 Å². The number of carboxylic acids is 1. The fourth-order valence-electron chi connectivity index (χ4n) is 1.87. The fourth-order valence-corrected chi connectivity index (χ4v) is 2.83. The molecule has 0 fully saturated rings. The summed E-state index contributed by atoms with van der Waals surface area (Å²) in [4.78, 5) is 26.3. The lowest BCUT2D eigenvalue weighted by Crippen LogP contribution is -2.02. The molecule has 3 rings (SSSR count). The Morgan fingerprint density at radius 3 is 3.00 bits per heavy atom. The van der Waals surface area contributed by atoms with Gasteiger partial charge in [-0.25, -0.2) is 24.1 Å². The molecule has 0 radical (unpaired) electrons. The molecular formula is C13H9FN4O2S. The van der Waals surface area contributed by atoms with Crippen molar-refractivity contribution in [1.29, 1.82) is 0 Å². The number of benzene rings is 1. The summed E-state index contributed by atoms with van der Waals surface area (Å²) in [7, 11) is 0. The molecule has 0 saturated carbocycles. The average molecular weight is 304 g/mol. The highest BCUT2D eigenvalue weighted by molar-refractivity contribution is 7.98. The monoisotopic (exact) mass is 304 g/mol. The molecule has 0 unspecified atom stereocenters. The van der Waals surface area contributed by atoms with E-state index in [4.69, 9.17) is 5.11 Å². The number of aromatic nitrogens is 4. The molecule has 8 heteroatoms. The number of aromatic amines is 1. The molecule has 0 aliphatic heterocycles. The van der Waals surface area contributed by atoms with Crippen LogP contribution in [0.3, 0.4) is 0 Å². The lowest BCUT2D eigenvalue weighted by atomic mass is 10.1. The van der Waals surface area contributed by atoms with Crippen LogP contribution in [0.2, 0.25) is 0 Å². The van der Waals surface area contributed by atoms with Gasteiger partial charge in [-0.15, -0.1) is 0 Å². The molecule has 6 nitrogen and oxygen atoms in total. The molecule has 2 aromatic heterocycles. The second-order valence-electron chi connectivity index (χ2n) is 4.18. The molecule has 0 saturated heterocycles. The van der Waals surface area contributed by atoms with E-state index in [1.807, 2.05) is 0 Å². The lowest BCUT2D eigenvalue weighted by molar-refractivity contribution is 0.0695. The minimum absolute atomic E-state index is 0.0441. The first kappa shape index (κ1) is 13.5. The van der Waals surface area contributed by atoms with E-state index in [0.29, 0.717) is 27.5 Å². The molecule has 0 amide bonds. The zero-order valence-corrected chi connectivity index (χ0v) is 11.4. The van der Waals surface area contributed by atoms with Crippen molar-refractivity contribution < 1.29 is 14.3 Å². The Hall–Kier alpha value is -2.48. The number of halogens is 1. The van der Waals surface area contributed by atoms with Gasteiger partial charge < -0.3 is 10.1 Å². The molecule has 0 atom stereocenters. The summed E-state index contributed by atoms with van der Waals surface area (Å²) >= 11 is 1.34. The number of nitrogens with zero attached hydrogens (tertiary/aromatic N) is 3. The van der Waals surface area contributed by atoms with Gasteiger partial charge in [0.2, 0.25) is 0 Å². The fraction of sp³-hybridized carbons (Fsp3) is 0.0769. The van der Waals surface area contributed by atoms with Crippen molar-refractivity contribution in [3.63, 3.8) is 0 Å². The minimum Gasteiger partial charge on any atom is -0.478 e. The van der Waals surface area contributed by atoms with E-state index in [1.54, 1.807) is 0 Å². The molecule has 3 aromatic rings. The SMILES string of the molecule is O=C(O)c1cc(F)ccc1CSc1ncnc2nc[nH]c12. The summed E-state index contributed by atoms with van der Waals surface area (Å²) in [5.74, 6) is -1.37. The smallest absolute Gasteiger partial charge is 0.336 e. The second-order valence-corrected chi connectivity index (χ2v) is 5.14. The number of thioether (sulfide) groups is 1. The van der Waals surface area contributed by atoms with E-state index >= 15 is 0 Å². The standard InChI is InChI=1S/C13H9FN4O2S/c14-8-2-1-7(9(3-8)13(19)20)4-21-12-10-11(16-5-15-10)17-6-18-12/h1-3,5-6H,4H2,(H,19,20)(H,15,16,17,18). The summed E-state index contributed by atoms with van der Waals surface area (Å²) in [6.45, 7) is 0. The number of aromatic carboxylic acids is 1. The van der Waals surface area contributed by atoms with E-state index in [-0.39, 0.29) is 5.56 Å². The Balaban J connectivity index is 1.88. The van der Waals surface area contributed by atoms with Crippen LogP contribution in [0.4, 0.5) is 4.39 Å². The van der Waals surface area contributed by atoms with Gasteiger partial charge in [0.25, 0.3) is 0 Å². The Labute approximate surface area is 122 Å². The number of imidazole rings is 1. The maximum Gasteiger partial charge on any atom is 0.336 e. The van der Waals surface area contributed by atoms with Crippen LogP contribution in [0, 0.1) is 5.82 Å². The van der Waals surface area contributed by atoms with Crippen LogP contribution >= 0.6 is 11.8 Å². The van der Waals surface area contributed by atoms with Gasteiger partial charge in [-0.1, -0.05) is 17.8 Å². The van der Waals surface area contributed by atoms with E-state index in [9.17, 15) is 9.18 Å². The van der Waals surface area contributed by atoms with Crippen molar-refractivity contribution in [2.75, 3.05) is 0 Å². The van der Waals surface area contributed by atoms with Crippen molar-refractivity contribution in [3.8, 4) is 0 Å². The van der Waals surface area contributed by atoms with E-state index in [2.05, 4.69) is 19.9 Å². The van der Waals surface area contributed by atoms with Gasteiger partial charge >= 0.3 is 5.97 Å². The number of rotatable bonds is 4. The van der Waals surface area contributed by atoms with Crippen molar-refractivity contribution in [3.05, 3.63) is 47.8 Å². The normalized spacial score (nSPS) is 10.9. The predicted octanol–water partition coefficient (Wildman–Crippen LogP) is 2.48. The molecule has 0 aliphatic rings. The molecule has 1 aromatic carbocycles. The third-order valence-corrected chi connectivity index (χ3v) is 3.89. The van der Waals surface area contributed by atoms with Gasteiger partial charge in [-0.05, 0) is 17.7 Å². The van der Waals surface area contributed by atoms with Crippen molar-refractivity contribution >= 4 is 28.9 Å². The number of carboxylic acid groups (broad SMARTS) is 1. The van der Waals surface area contributed by atoms with E-state index < -0.39 is 11.8 Å². The average Bonchev–Trinajstić information content (AvgIpc) is 2.94. The zero-order valence-electron chi connectivity index (χ0n) is 10.6.